The Morgan fingerprint density at radius 1 is 1.35 bits per heavy atom. The van der Waals surface area contributed by atoms with Crippen LogP contribution in [-0.4, -0.2) is 50.0 Å². The number of likely N-dealkylation sites (tertiary alicyclic amines) is 1. The Kier molecular flexibility index (Phi) is 5.54. The number of hydrogen-bond donors (Lipinski definition) is 1. The number of aliphatic hydroxyl groups excluding tert-OH is 1. The molecule has 0 amide bonds. The van der Waals surface area contributed by atoms with Gasteiger partial charge >= 0.3 is 0 Å². The van der Waals surface area contributed by atoms with Crippen LogP contribution in [0.2, 0.25) is 0 Å². The zero-order chi connectivity index (χ0) is 14.5. The molecule has 1 atom stereocenters. The van der Waals surface area contributed by atoms with E-state index in [1.165, 1.54) is 25.9 Å². The summed E-state index contributed by atoms with van der Waals surface area (Å²) in [5.74, 6) is 1.73. The first-order valence-electron chi connectivity index (χ1n) is 7.89. The summed E-state index contributed by atoms with van der Waals surface area (Å²) in [5.41, 5.74) is 0. The largest absolute Gasteiger partial charge is 0.391 e. The minimum Gasteiger partial charge on any atom is -0.391 e. The Morgan fingerprint density at radius 2 is 2.05 bits per heavy atom. The van der Waals surface area contributed by atoms with Gasteiger partial charge in [0.1, 0.15) is 12.2 Å². The molecule has 0 bridgehead atoms. The van der Waals surface area contributed by atoms with E-state index >= 15 is 0 Å². The van der Waals surface area contributed by atoms with Crippen LogP contribution in [0, 0.1) is 5.92 Å². The lowest BCUT2D eigenvalue weighted by atomic mass is 9.92. The Morgan fingerprint density at radius 3 is 2.65 bits per heavy atom. The first-order chi connectivity index (χ1) is 9.60. The van der Waals surface area contributed by atoms with Crippen LogP contribution in [0.4, 0.5) is 0 Å². The van der Waals surface area contributed by atoms with E-state index in [1.54, 1.807) is 6.33 Å². The molecule has 2 heterocycles. The lowest BCUT2D eigenvalue weighted by Crippen LogP contribution is -2.39. The van der Waals surface area contributed by atoms with Crippen molar-refractivity contribution in [1.82, 2.24) is 19.7 Å². The van der Waals surface area contributed by atoms with Gasteiger partial charge in [-0.2, -0.15) is 5.10 Å². The van der Waals surface area contributed by atoms with Gasteiger partial charge < -0.3 is 10.0 Å². The van der Waals surface area contributed by atoms with Crippen LogP contribution >= 0.6 is 0 Å². The number of piperidine rings is 1. The van der Waals surface area contributed by atoms with E-state index in [9.17, 15) is 5.11 Å². The molecule has 1 saturated heterocycles. The molecule has 1 unspecified atom stereocenters. The molecule has 0 spiro atoms. The van der Waals surface area contributed by atoms with Gasteiger partial charge in [-0.1, -0.05) is 6.92 Å². The summed E-state index contributed by atoms with van der Waals surface area (Å²) in [6, 6.07) is 0.652. The molecule has 0 aromatic carbocycles. The predicted octanol–water partition coefficient (Wildman–Crippen LogP) is 1.71. The molecule has 1 aromatic rings. The van der Waals surface area contributed by atoms with E-state index in [4.69, 9.17) is 0 Å². The van der Waals surface area contributed by atoms with Crippen molar-refractivity contribution in [3.8, 4) is 0 Å². The third-order valence-corrected chi connectivity index (χ3v) is 4.40. The van der Waals surface area contributed by atoms with E-state index in [0.717, 1.165) is 18.7 Å². The number of rotatable bonds is 6. The van der Waals surface area contributed by atoms with Crippen LogP contribution in [0.3, 0.4) is 0 Å². The molecular formula is C15H28N4O. The fraction of sp³-hybridized carbons (Fsp3) is 0.867. The van der Waals surface area contributed by atoms with Crippen molar-refractivity contribution < 1.29 is 5.11 Å². The molecule has 2 rings (SSSR count). The lowest BCUT2D eigenvalue weighted by Gasteiger charge is -2.34. The maximum Gasteiger partial charge on any atom is 0.138 e. The second kappa shape index (κ2) is 7.18. The van der Waals surface area contributed by atoms with Gasteiger partial charge in [0.15, 0.2) is 0 Å². The van der Waals surface area contributed by atoms with Crippen LogP contribution < -0.4 is 0 Å². The molecule has 1 aliphatic heterocycles. The van der Waals surface area contributed by atoms with Gasteiger partial charge in [-0.3, -0.25) is 0 Å². The highest BCUT2D eigenvalue weighted by atomic mass is 16.3. The summed E-state index contributed by atoms with van der Waals surface area (Å²) in [6.45, 7) is 9.47. The maximum atomic E-state index is 9.76. The summed E-state index contributed by atoms with van der Waals surface area (Å²) in [6.07, 6.45) is 5.51. The van der Waals surface area contributed by atoms with Gasteiger partial charge in [0.2, 0.25) is 0 Å². The van der Waals surface area contributed by atoms with Crippen LogP contribution in [-0.2, 0) is 13.0 Å². The van der Waals surface area contributed by atoms with Crippen molar-refractivity contribution >= 4 is 0 Å². The standard InChI is InChI=1S/C15H28N4O/c1-4-14(20)10-19-15(16-11-17-19)9-13-5-7-18(8-6-13)12(2)3/h11-14,20H,4-10H2,1-3H3. The van der Waals surface area contributed by atoms with E-state index < -0.39 is 0 Å². The highest BCUT2D eigenvalue weighted by Gasteiger charge is 2.22. The van der Waals surface area contributed by atoms with Gasteiger partial charge in [0.05, 0.1) is 12.6 Å². The minimum absolute atomic E-state index is 0.321. The van der Waals surface area contributed by atoms with E-state index in [-0.39, 0.29) is 6.10 Å². The minimum atomic E-state index is -0.321. The molecule has 20 heavy (non-hydrogen) atoms. The van der Waals surface area contributed by atoms with Gasteiger partial charge in [-0.05, 0) is 52.1 Å². The number of nitrogens with zero attached hydrogens (tertiary/aromatic N) is 4. The van der Waals surface area contributed by atoms with Crippen LogP contribution in [0.25, 0.3) is 0 Å². The normalized spacial score (nSPS) is 19.6. The van der Waals surface area contributed by atoms with Gasteiger partial charge in [-0.25, -0.2) is 9.67 Å². The monoisotopic (exact) mass is 280 g/mol. The van der Waals surface area contributed by atoms with Crippen LogP contribution in [0.15, 0.2) is 6.33 Å². The Balaban J connectivity index is 1.87. The molecule has 1 fully saturated rings. The van der Waals surface area contributed by atoms with Gasteiger partial charge in [-0.15, -0.1) is 0 Å². The molecule has 5 nitrogen and oxygen atoms in total. The van der Waals surface area contributed by atoms with Crippen molar-refractivity contribution in [1.29, 1.82) is 0 Å². The first kappa shape index (κ1) is 15.4. The van der Waals surface area contributed by atoms with Crippen molar-refractivity contribution in [2.45, 2.75) is 65.1 Å². The summed E-state index contributed by atoms with van der Waals surface area (Å²) in [7, 11) is 0. The number of aromatic nitrogens is 3. The van der Waals surface area contributed by atoms with E-state index in [1.807, 2.05) is 11.6 Å². The molecule has 5 heteroatoms. The molecule has 1 aromatic heterocycles. The molecule has 1 N–H and O–H groups in total. The van der Waals surface area contributed by atoms with E-state index in [2.05, 4.69) is 28.8 Å². The molecule has 114 valence electrons. The smallest absolute Gasteiger partial charge is 0.138 e. The van der Waals surface area contributed by atoms with Gasteiger partial charge in [0, 0.05) is 12.5 Å². The SMILES string of the molecule is CCC(O)Cn1ncnc1CC1CCN(C(C)C)CC1. The quantitative estimate of drug-likeness (QED) is 0.862. The summed E-state index contributed by atoms with van der Waals surface area (Å²) in [5, 5.41) is 14.0. The number of aliphatic hydroxyl groups is 1. The summed E-state index contributed by atoms with van der Waals surface area (Å²) < 4.78 is 1.88. The van der Waals surface area contributed by atoms with Crippen molar-refractivity contribution in [3.63, 3.8) is 0 Å². The lowest BCUT2D eigenvalue weighted by molar-refractivity contribution is 0.137. The topological polar surface area (TPSA) is 54.2 Å². The maximum absolute atomic E-state index is 9.76. The van der Waals surface area contributed by atoms with Crippen molar-refractivity contribution in [2.24, 2.45) is 5.92 Å². The molecular weight excluding hydrogens is 252 g/mol. The summed E-state index contributed by atoms with van der Waals surface area (Å²) >= 11 is 0. The number of hydrogen-bond acceptors (Lipinski definition) is 4. The summed E-state index contributed by atoms with van der Waals surface area (Å²) in [4.78, 5) is 6.92. The molecule has 1 aliphatic rings. The predicted molar refractivity (Wildman–Crippen MR) is 79.5 cm³/mol. The van der Waals surface area contributed by atoms with Crippen molar-refractivity contribution in [3.05, 3.63) is 12.2 Å². The Labute approximate surface area is 122 Å². The third-order valence-electron chi connectivity index (χ3n) is 4.40. The molecule has 0 saturated carbocycles. The van der Waals surface area contributed by atoms with E-state index in [0.29, 0.717) is 18.5 Å². The fourth-order valence-corrected chi connectivity index (χ4v) is 2.86. The second-order valence-electron chi connectivity index (χ2n) is 6.20. The Hall–Kier alpha value is -0.940. The second-order valence-corrected chi connectivity index (χ2v) is 6.20. The highest BCUT2D eigenvalue weighted by Crippen LogP contribution is 2.22. The van der Waals surface area contributed by atoms with Crippen LogP contribution in [0.1, 0.15) is 45.9 Å². The zero-order valence-corrected chi connectivity index (χ0v) is 13.0. The van der Waals surface area contributed by atoms with Gasteiger partial charge in [0.25, 0.3) is 0 Å². The average Bonchev–Trinajstić information content (AvgIpc) is 2.86. The zero-order valence-electron chi connectivity index (χ0n) is 13.0. The first-order valence-corrected chi connectivity index (χ1v) is 7.89. The average molecular weight is 280 g/mol. The Bertz CT molecular complexity index is 396. The van der Waals surface area contributed by atoms with Crippen LogP contribution in [0.5, 0.6) is 0 Å². The third kappa shape index (κ3) is 4.03. The molecule has 0 aliphatic carbocycles. The molecule has 0 radical (unpaired) electrons. The van der Waals surface area contributed by atoms with Crippen molar-refractivity contribution in [2.75, 3.05) is 13.1 Å². The fourth-order valence-electron chi connectivity index (χ4n) is 2.86. The highest BCUT2D eigenvalue weighted by molar-refractivity contribution is 4.90.